The lowest BCUT2D eigenvalue weighted by molar-refractivity contribution is -0.135. The number of carboxylic acids is 1. The Kier molecular flexibility index (Phi) is 3.82. The molecule has 0 saturated heterocycles. The minimum atomic E-state index is -4.05. The molecule has 2 N–H and O–H groups in total. The maximum Gasteiger partial charge on any atom is 0.318 e. The van der Waals surface area contributed by atoms with Gasteiger partial charge in [-0.2, -0.15) is 0 Å². The van der Waals surface area contributed by atoms with Gasteiger partial charge >= 0.3 is 5.97 Å². The molecule has 0 amide bonds. The molecule has 0 fully saturated rings. The smallest absolute Gasteiger partial charge is 0.318 e. The normalized spacial score (nSPS) is 12.7. The Labute approximate surface area is 75.7 Å². The van der Waals surface area contributed by atoms with E-state index >= 15 is 0 Å². The van der Waals surface area contributed by atoms with Gasteiger partial charge in [-0.1, -0.05) is 0 Å². The van der Waals surface area contributed by atoms with Crippen LogP contribution in [0.1, 0.15) is 0 Å². The molecule has 0 heterocycles. The zero-order valence-electron chi connectivity index (χ0n) is 6.72. The van der Waals surface area contributed by atoms with E-state index in [0.29, 0.717) is 0 Å². The van der Waals surface area contributed by atoms with Crippen LogP contribution >= 0.6 is 0 Å². The summed E-state index contributed by atoms with van der Waals surface area (Å²) >= 11 is 0. The molecule has 13 heavy (non-hydrogen) atoms. The van der Waals surface area contributed by atoms with Gasteiger partial charge in [0.15, 0.2) is 14.9 Å². The van der Waals surface area contributed by atoms with Crippen LogP contribution in [0.25, 0.3) is 0 Å². The van der Waals surface area contributed by atoms with Crippen LogP contribution in [-0.4, -0.2) is 45.8 Å². The van der Waals surface area contributed by atoms with E-state index in [0.717, 1.165) is 6.26 Å². The molecule has 7 nitrogen and oxygen atoms in total. The average molecular weight is 231 g/mol. The van der Waals surface area contributed by atoms with Crippen molar-refractivity contribution in [1.29, 1.82) is 0 Å². The number of carboxylic acid groups (broad SMARTS) is 1. The van der Waals surface area contributed by atoms with E-state index in [9.17, 15) is 21.6 Å². The third kappa shape index (κ3) is 7.68. The molecular weight excluding hydrogens is 222 g/mol. The molecule has 0 saturated carbocycles. The number of hydrogen-bond donors (Lipinski definition) is 2. The Hall–Kier alpha value is -0.670. The number of aliphatic carboxylic acids is 1. The standard InChI is InChI=1S/C4H9NO6S2/c1-12(8,9)3-13(10,11)5-2-4(6)7/h5H,2-3H2,1H3,(H,6,7). The number of rotatable bonds is 5. The summed E-state index contributed by atoms with van der Waals surface area (Å²) < 4.78 is 44.3. The van der Waals surface area contributed by atoms with Crippen molar-refractivity contribution in [3.63, 3.8) is 0 Å². The molecule has 0 aliphatic carbocycles. The molecule has 0 rings (SSSR count). The zero-order chi connectivity index (χ0) is 10.7. The van der Waals surface area contributed by atoms with Crippen LogP contribution in [0.15, 0.2) is 0 Å². The van der Waals surface area contributed by atoms with Crippen molar-refractivity contribution in [3.05, 3.63) is 0 Å². The lowest BCUT2D eigenvalue weighted by atomic mass is 10.7. The molecule has 0 bridgehead atoms. The lowest BCUT2D eigenvalue weighted by Gasteiger charge is -2.01. The van der Waals surface area contributed by atoms with Gasteiger partial charge in [0.1, 0.15) is 6.54 Å². The quantitative estimate of drug-likeness (QED) is 0.564. The molecule has 0 aliphatic rings. The SMILES string of the molecule is CS(=O)(=O)CS(=O)(=O)NCC(=O)O. The number of hydrogen-bond acceptors (Lipinski definition) is 5. The molecule has 0 aromatic rings. The predicted octanol–water partition coefficient (Wildman–Crippen LogP) is -2.01. The first-order valence-electron chi connectivity index (χ1n) is 2.99. The number of sulfone groups is 1. The fourth-order valence-corrected chi connectivity index (χ4v) is 3.43. The van der Waals surface area contributed by atoms with E-state index in [2.05, 4.69) is 0 Å². The third-order valence-electron chi connectivity index (χ3n) is 0.813. The van der Waals surface area contributed by atoms with Crippen LogP contribution in [0, 0.1) is 0 Å². The lowest BCUT2D eigenvalue weighted by Crippen LogP contribution is -2.33. The Balaban J connectivity index is 4.36. The Bertz CT molecular complexity index is 379. The second kappa shape index (κ2) is 4.03. The first-order valence-corrected chi connectivity index (χ1v) is 6.70. The Morgan fingerprint density at radius 2 is 1.77 bits per heavy atom. The Morgan fingerprint density at radius 1 is 1.31 bits per heavy atom. The monoisotopic (exact) mass is 231 g/mol. The molecule has 78 valence electrons. The van der Waals surface area contributed by atoms with Crippen molar-refractivity contribution in [2.75, 3.05) is 17.9 Å². The number of nitrogens with one attached hydrogen (secondary N) is 1. The highest BCUT2D eigenvalue weighted by molar-refractivity contribution is 8.06. The van der Waals surface area contributed by atoms with E-state index in [4.69, 9.17) is 5.11 Å². The zero-order valence-corrected chi connectivity index (χ0v) is 8.35. The maximum atomic E-state index is 10.8. The summed E-state index contributed by atoms with van der Waals surface area (Å²) in [5.41, 5.74) is 0. The van der Waals surface area contributed by atoms with Gasteiger partial charge in [-0.15, -0.1) is 0 Å². The summed E-state index contributed by atoms with van der Waals surface area (Å²) in [7, 11) is -7.73. The molecular formula is C4H9NO6S2. The second-order valence-corrected chi connectivity index (χ2v) is 6.69. The summed E-state index contributed by atoms with van der Waals surface area (Å²) in [6.07, 6.45) is 0.743. The summed E-state index contributed by atoms with van der Waals surface area (Å²) in [6.45, 7) is -0.822. The molecule has 0 spiro atoms. The van der Waals surface area contributed by atoms with Gasteiger partial charge in [0.05, 0.1) is 0 Å². The van der Waals surface area contributed by atoms with Crippen LogP contribution in [0.4, 0.5) is 0 Å². The second-order valence-electron chi connectivity index (χ2n) is 2.37. The fourth-order valence-electron chi connectivity index (χ4n) is 0.495. The third-order valence-corrected chi connectivity index (χ3v) is 4.35. The van der Waals surface area contributed by atoms with Crippen molar-refractivity contribution < 1.29 is 26.7 Å². The average Bonchev–Trinajstić information content (AvgIpc) is 1.78. The molecule has 0 aromatic carbocycles. The van der Waals surface area contributed by atoms with Gasteiger partial charge in [-0.05, 0) is 0 Å². The summed E-state index contributed by atoms with van der Waals surface area (Å²) in [6, 6.07) is 0. The van der Waals surface area contributed by atoms with Gasteiger partial charge < -0.3 is 5.11 Å². The van der Waals surface area contributed by atoms with Crippen molar-refractivity contribution in [1.82, 2.24) is 4.72 Å². The van der Waals surface area contributed by atoms with Crippen LogP contribution in [-0.2, 0) is 24.7 Å². The minimum Gasteiger partial charge on any atom is -0.480 e. The summed E-state index contributed by atoms with van der Waals surface area (Å²) in [5.74, 6) is -1.38. The van der Waals surface area contributed by atoms with E-state index in [1.54, 1.807) is 4.72 Å². The van der Waals surface area contributed by atoms with Crippen LogP contribution in [0.3, 0.4) is 0 Å². The van der Waals surface area contributed by atoms with Crippen molar-refractivity contribution in [2.24, 2.45) is 0 Å². The highest BCUT2D eigenvalue weighted by atomic mass is 32.3. The largest absolute Gasteiger partial charge is 0.480 e. The van der Waals surface area contributed by atoms with Crippen molar-refractivity contribution >= 4 is 25.8 Å². The first-order chi connectivity index (χ1) is 5.62. The van der Waals surface area contributed by atoms with Gasteiger partial charge in [0.2, 0.25) is 10.0 Å². The predicted molar refractivity (Wildman–Crippen MR) is 44.3 cm³/mol. The van der Waals surface area contributed by atoms with Gasteiger partial charge in [0.25, 0.3) is 0 Å². The Morgan fingerprint density at radius 3 is 2.08 bits per heavy atom. The molecule has 0 unspecified atom stereocenters. The van der Waals surface area contributed by atoms with Gasteiger partial charge in [-0.25, -0.2) is 21.6 Å². The molecule has 0 aromatic heterocycles. The van der Waals surface area contributed by atoms with Crippen molar-refractivity contribution in [3.8, 4) is 0 Å². The number of carbonyl (C=O) groups is 1. The van der Waals surface area contributed by atoms with E-state index in [1.807, 2.05) is 0 Å². The van der Waals surface area contributed by atoms with Crippen LogP contribution in [0.2, 0.25) is 0 Å². The maximum absolute atomic E-state index is 10.8. The molecule has 0 aliphatic heterocycles. The highest BCUT2D eigenvalue weighted by Gasteiger charge is 2.18. The summed E-state index contributed by atoms with van der Waals surface area (Å²) in [5, 5.41) is 6.99. The number of sulfonamides is 1. The van der Waals surface area contributed by atoms with E-state index in [-0.39, 0.29) is 0 Å². The summed E-state index contributed by atoms with van der Waals surface area (Å²) in [4.78, 5) is 9.94. The fraction of sp³-hybridized carbons (Fsp3) is 0.750. The van der Waals surface area contributed by atoms with Crippen LogP contribution < -0.4 is 4.72 Å². The van der Waals surface area contributed by atoms with Gasteiger partial charge in [0, 0.05) is 6.26 Å². The molecule has 9 heteroatoms. The van der Waals surface area contributed by atoms with E-state index < -0.39 is 37.5 Å². The van der Waals surface area contributed by atoms with Crippen LogP contribution in [0.5, 0.6) is 0 Å². The topological polar surface area (TPSA) is 118 Å². The van der Waals surface area contributed by atoms with Gasteiger partial charge in [-0.3, -0.25) is 4.79 Å². The van der Waals surface area contributed by atoms with E-state index in [1.165, 1.54) is 0 Å². The minimum absolute atomic E-state index is 0.743. The highest BCUT2D eigenvalue weighted by Crippen LogP contribution is 1.90. The first kappa shape index (κ1) is 12.3. The van der Waals surface area contributed by atoms with Crippen molar-refractivity contribution in [2.45, 2.75) is 0 Å². The molecule has 0 atom stereocenters. The molecule has 0 radical (unpaired) electrons.